The van der Waals surface area contributed by atoms with E-state index in [-0.39, 0.29) is 5.56 Å². The third-order valence-electron chi connectivity index (χ3n) is 6.79. The maximum Gasteiger partial charge on any atom is 0.266 e. The number of rotatable bonds is 5. The number of hydrogen-bond donors (Lipinski definition) is 0. The summed E-state index contributed by atoms with van der Waals surface area (Å²) in [4.78, 5) is 17.1. The first-order valence-corrected chi connectivity index (χ1v) is 11.9. The predicted octanol–water partition coefficient (Wildman–Crippen LogP) is 1.78. The second kappa shape index (κ2) is 9.05. The van der Waals surface area contributed by atoms with Crippen molar-refractivity contribution >= 4 is 5.82 Å². The van der Waals surface area contributed by atoms with Gasteiger partial charge in [0.25, 0.3) is 5.56 Å². The summed E-state index contributed by atoms with van der Waals surface area (Å²) in [5.41, 5.74) is 4.40. The van der Waals surface area contributed by atoms with Crippen molar-refractivity contribution in [3.8, 4) is 5.82 Å². The molecule has 5 rings (SSSR count). The Labute approximate surface area is 194 Å². The van der Waals surface area contributed by atoms with Gasteiger partial charge in [-0.1, -0.05) is 6.92 Å². The molecule has 4 heterocycles. The summed E-state index contributed by atoms with van der Waals surface area (Å²) in [5.74, 6) is 2.39. The van der Waals surface area contributed by atoms with Crippen LogP contribution in [-0.4, -0.2) is 67.4 Å². The molecule has 0 radical (unpaired) electrons. The zero-order valence-electron chi connectivity index (χ0n) is 19.7. The molecular formula is C24H32N8O. The minimum Gasteiger partial charge on any atom is -0.353 e. The van der Waals surface area contributed by atoms with Gasteiger partial charge >= 0.3 is 0 Å². The maximum absolute atomic E-state index is 12.4. The summed E-state index contributed by atoms with van der Waals surface area (Å²) in [6.07, 6.45) is 3.36. The van der Waals surface area contributed by atoms with Crippen LogP contribution in [-0.2, 0) is 19.4 Å². The van der Waals surface area contributed by atoms with Crippen molar-refractivity contribution in [3.63, 3.8) is 0 Å². The molecule has 1 aliphatic carbocycles. The van der Waals surface area contributed by atoms with E-state index in [9.17, 15) is 4.79 Å². The number of nitrogens with zero attached hydrogens (tertiary/aromatic N) is 8. The molecule has 1 saturated heterocycles. The lowest BCUT2D eigenvalue weighted by Gasteiger charge is -2.35. The molecule has 2 aliphatic rings. The number of anilines is 1. The molecule has 0 saturated carbocycles. The molecule has 0 N–H and O–H groups in total. The van der Waals surface area contributed by atoms with Crippen molar-refractivity contribution in [2.24, 2.45) is 5.92 Å². The van der Waals surface area contributed by atoms with Crippen LogP contribution in [0.4, 0.5) is 5.82 Å². The number of fused-ring (bicyclic) bond motifs is 1. The Hall–Kier alpha value is -3.07. The van der Waals surface area contributed by atoms with Gasteiger partial charge in [0.2, 0.25) is 0 Å². The fourth-order valence-corrected chi connectivity index (χ4v) is 4.86. The molecule has 0 spiro atoms. The molecule has 1 unspecified atom stereocenters. The predicted molar refractivity (Wildman–Crippen MR) is 127 cm³/mol. The molecule has 1 atom stereocenters. The first-order chi connectivity index (χ1) is 16.0. The molecule has 0 amide bonds. The van der Waals surface area contributed by atoms with Gasteiger partial charge in [-0.05, 0) is 62.8 Å². The Morgan fingerprint density at radius 3 is 2.55 bits per heavy atom. The largest absolute Gasteiger partial charge is 0.353 e. The lowest BCUT2D eigenvalue weighted by molar-refractivity contribution is 0.242. The first-order valence-electron chi connectivity index (χ1n) is 11.9. The monoisotopic (exact) mass is 448 g/mol. The molecule has 1 fully saturated rings. The van der Waals surface area contributed by atoms with Gasteiger partial charge in [0, 0.05) is 44.5 Å². The lowest BCUT2D eigenvalue weighted by atomic mass is 9.88. The zero-order valence-corrected chi connectivity index (χ0v) is 19.7. The smallest absolute Gasteiger partial charge is 0.266 e. The van der Waals surface area contributed by atoms with E-state index in [2.05, 4.69) is 43.2 Å². The van der Waals surface area contributed by atoms with Gasteiger partial charge in [-0.3, -0.25) is 9.69 Å². The van der Waals surface area contributed by atoms with Crippen LogP contribution in [0.15, 0.2) is 29.1 Å². The van der Waals surface area contributed by atoms with Crippen molar-refractivity contribution in [2.45, 2.75) is 46.6 Å². The van der Waals surface area contributed by atoms with Gasteiger partial charge in [0.1, 0.15) is 0 Å². The number of aromatic nitrogens is 6. The van der Waals surface area contributed by atoms with Gasteiger partial charge in [-0.15, -0.1) is 10.2 Å². The first kappa shape index (κ1) is 21.8. The van der Waals surface area contributed by atoms with Crippen molar-refractivity contribution in [1.82, 2.24) is 34.7 Å². The summed E-state index contributed by atoms with van der Waals surface area (Å²) < 4.78 is 3.33. The molecule has 3 aromatic rings. The van der Waals surface area contributed by atoms with Crippen molar-refractivity contribution in [3.05, 3.63) is 57.3 Å². The van der Waals surface area contributed by atoms with Crippen LogP contribution in [0.25, 0.3) is 5.82 Å². The van der Waals surface area contributed by atoms with Crippen molar-refractivity contribution in [1.29, 1.82) is 0 Å². The fourth-order valence-electron chi connectivity index (χ4n) is 4.86. The third kappa shape index (κ3) is 4.68. The molecule has 33 heavy (non-hydrogen) atoms. The number of aryl methyl sites for hydroxylation is 3. The van der Waals surface area contributed by atoms with E-state index in [4.69, 9.17) is 0 Å². The van der Waals surface area contributed by atoms with E-state index in [0.29, 0.717) is 12.4 Å². The van der Waals surface area contributed by atoms with Crippen LogP contribution < -0.4 is 10.5 Å². The Morgan fingerprint density at radius 2 is 1.79 bits per heavy atom. The average Bonchev–Trinajstić information content (AvgIpc) is 3.16. The van der Waals surface area contributed by atoms with Crippen LogP contribution in [0.5, 0.6) is 0 Å². The molecular weight excluding hydrogens is 416 g/mol. The minimum atomic E-state index is -0.0857. The van der Waals surface area contributed by atoms with Gasteiger partial charge in [0.05, 0.1) is 17.9 Å². The average molecular weight is 449 g/mol. The molecule has 0 bridgehead atoms. The van der Waals surface area contributed by atoms with Gasteiger partial charge in [0.15, 0.2) is 11.6 Å². The zero-order chi connectivity index (χ0) is 22.9. The lowest BCUT2D eigenvalue weighted by Crippen LogP contribution is -2.48. The highest BCUT2D eigenvalue weighted by Crippen LogP contribution is 2.26. The van der Waals surface area contributed by atoms with E-state index in [1.807, 2.05) is 19.9 Å². The Kier molecular flexibility index (Phi) is 5.97. The topological polar surface area (TPSA) is 85.0 Å². The van der Waals surface area contributed by atoms with E-state index in [0.717, 1.165) is 68.7 Å². The molecule has 3 aromatic heterocycles. The van der Waals surface area contributed by atoms with Crippen molar-refractivity contribution in [2.75, 3.05) is 37.6 Å². The summed E-state index contributed by atoms with van der Waals surface area (Å²) in [6, 6.07) is 7.56. The van der Waals surface area contributed by atoms with Crippen LogP contribution in [0.1, 0.15) is 36.0 Å². The molecule has 0 aromatic carbocycles. The second-order valence-electron chi connectivity index (χ2n) is 9.44. The molecule has 9 nitrogen and oxygen atoms in total. The third-order valence-corrected chi connectivity index (χ3v) is 6.79. The fraction of sp³-hybridized carbons (Fsp3) is 0.542. The molecule has 9 heteroatoms. The maximum atomic E-state index is 12.4. The SMILES string of the molecule is Cc1cc(C)n(-c2ccc(=O)n(CCN3CCN(c4cc5c(nn4)CCC(C)C5)CC3)n2)n1. The Morgan fingerprint density at radius 1 is 0.970 bits per heavy atom. The summed E-state index contributed by atoms with van der Waals surface area (Å²) in [6.45, 7) is 11.3. The van der Waals surface area contributed by atoms with Gasteiger partial charge < -0.3 is 4.90 Å². The number of hydrogen-bond acceptors (Lipinski definition) is 7. The molecule has 174 valence electrons. The second-order valence-corrected chi connectivity index (χ2v) is 9.44. The highest BCUT2D eigenvalue weighted by molar-refractivity contribution is 5.42. The summed E-state index contributed by atoms with van der Waals surface area (Å²) in [5, 5.41) is 18.1. The normalized spacial score (nSPS) is 19.0. The van der Waals surface area contributed by atoms with E-state index in [1.165, 1.54) is 17.7 Å². The van der Waals surface area contributed by atoms with Gasteiger partial charge in [-0.2, -0.15) is 10.2 Å². The quantitative estimate of drug-likeness (QED) is 0.588. The Bertz CT molecular complexity index is 1190. The summed E-state index contributed by atoms with van der Waals surface area (Å²) in [7, 11) is 0. The highest BCUT2D eigenvalue weighted by Gasteiger charge is 2.22. The van der Waals surface area contributed by atoms with E-state index in [1.54, 1.807) is 21.5 Å². The van der Waals surface area contributed by atoms with Crippen LogP contribution in [0, 0.1) is 19.8 Å². The standard InChI is InChI=1S/C24H32N8O/c1-17-4-5-21-20(14-17)16-23(26-25-21)30-11-8-29(9-12-30)10-13-31-24(33)7-6-22(28-31)32-19(3)15-18(2)27-32/h6-7,15-17H,4-5,8-14H2,1-3H3. The van der Waals surface area contributed by atoms with E-state index < -0.39 is 0 Å². The number of piperazine rings is 1. The van der Waals surface area contributed by atoms with Crippen LogP contribution in [0.2, 0.25) is 0 Å². The molecule has 1 aliphatic heterocycles. The Balaban J connectivity index is 1.19. The summed E-state index contributed by atoms with van der Waals surface area (Å²) >= 11 is 0. The van der Waals surface area contributed by atoms with Crippen LogP contribution >= 0.6 is 0 Å². The van der Waals surface area contributed by atoms with Gasteiger partial charge in [-0.25, -0.2) is 9.36 Å². The highest BCUT2D eigenvalue weighted by atomic mass is 16.1. The van der Waals surface area contributed by atoms with Crippen LogP contribution in [0.3, 0.4) is 0 Å². The minimum absolute atomic E-state index is 0.0857. The van der Waals surface area contributed by atoms with E-state index >= 15 is 0 Å². The van der Waals surface area contributed by atoms with Crippen molar-refractivity contribution < 1.29 is 0 Å².